The lowest BCUT2D eigenvalue weighted by Gasteiger charge is -2.10. The number of nitro groups is 1. The van der Waals surface area contributed by atoms with Gasteiger partial charge in [0.25, 0.3) is 0 Å². The Labute approximate surface area is 106 Å². The van der Waals surface area contributed by atoms with Crippen molar-refractivity contribution in [2.75, 3.05) is 6.61 Å². The van der Waals surface area contributed by atoms with Gasteiger partial charge in [0.1, 0.15) is 6.61 Å². The van der Waals surface area contributed by atoms with Crippen molar-refractivity contribution < 1.29 is 9.66 Å². The van der Waals surface area contributed by atoms with E-state index >= 15 is 0 Å². The van der Waals surface area contributed by atoms with Crippen LogP contribution in [0.5, 0.6) is 5.75 Å². The Kier molecular flexibility index (Phi) is 5.15. The van der Waals surface area contributed by atoms with Crippen molar-refractivity contribution in [3.05, 3.63) is 33.9 Å². The maximum Gasteiger partial charge on any atom is 0.310 e. The molecule has 18 heavy (non-hydrogen) atoms. The number of ether oxygens (including phenoxy) is 1. The number of hydrogen-bond acceptors (Lipinski definition) is 4. The van der Waals surface area contributed by atoms with Crippen LogP contribution in [0.2, 0.25) is 0 Å². The van der Waals surface area contributed by atoms with Gasteiger partial charge < -0.3 is 10.1 Å². The van der Waals surface area contributed by atoms with E-state index in [-0.39, 0.29) is 18.0 Å². The van der Waals surface area contributed by atoms with Crippen LogP contribution in [0.25, 0.3) is 0 Å². The quantitative estimate of drug-likeness (QED) is 0.475. The summed E-state index contributed by atoms with van der Waals surface area (Å²) in [5, 5.41) is 14.0. The van der Waals surface area contributed by atoms with Crippen LogP contribution in [0.1, 0.15) is 19.4 Å². The Balaban J connectivity index is 2.90. The van der Waals surface area contributed by atoms with Crippen molar-refractivity contribution in [2.45, 2.75) is 26.4 Å². The monoisotopic (exact) mass is 248 g/mol. The van der Waals surface area contributed by atoms with Crippen molar-refractivity contribution in [1.82, 2.24) is 5.32 Å². The lowest BCUT2D eigenvalue weighted by Crippen LogP contribution is -2.21. The molecule has 96 valence electrons. The van der Waals surface area contributed by atoms with E-state index in [4.69, 9.17) is 11.2 Å². The van der Waals surface area contributed by atoms with Gasteiger partial charge in [-0.15, -0.1) is 6.42 Å². The molecule has 0 aliphatic rings. The molecule has 1 N–H and O–H groups in total. The van der Waals surface area contributed by atoms with Crippen molar-refractivity contribution in [1.29, 1.82) is 0 Å². The zero-order chi connectivity index (χ0) is 13.5. The minimum atomic E-state index is -0.481. The summed E-state index contributed by atoms with van der Waals surface area (Å²) in [6.07, 6.45) is 5.08. The molecule has 0 amide bonds. The van der Waals surface area contributed by atoms with Crippen molar-refractivity contribution in [3.63, 3.8) is 0 Å². The van der Waals surface area contributed by atoms with Crippen molar-refractivity contribution >= 4 is 5.69 Å². The zero-order valence-corrected chi connectivity index (χ0v) is 10.5. The molecule has 0 radical (unpaired) electrons. The molecule has 0 atom stereocenters. The van der Waals surface area contributed by atoms with Crippen LogP contribution in [0.3, 0.4) is 0 Å². The molecular weight excluding hydrogens is 232 g/mol. The summed E-state index contributed by atoms with van der Waals surface area (Å²) in [6.45, 7) is 4.70. The van der Waals surface area contributed by atoms with Crippen LogP contribution in [0.4, 0.5) is 5.69 Å². The summed E-state index contributed by atoms with van der Waals surface area (Å²) in [4.78, 5) is 10.3. The highest BCUT2D eigenvalue weighted by molar-refractivity contribution is 5.48. The molecule has 1 rings (SSSR count). The number of rotatable bonds is 6. The van der Waals surface area contributed by atoms with E-state index < -0.39 is 4.92 Å². The normalized spacial score (nSPS) is 10.1. The largest absolute Gasteiger partial charge is 0.474 e. The second kappa shape index (κ2) is 6.62. The maximum absolute atomic E-state index is 10.8. The fourth-order valence-corrected chi connectivity index (χ4v) is 1.38. The average Bonchev–Trinajstić information content (AvgIpc) is 2.33. The van der Waals surface area contributed by atoms with E-state index in [2.05, 4.69) is 11.2 Å². The maximum atomic E-state index is 10.8. The molecule has 0 spiro atoms. The second-order valence-electron chi connectivity index (χ2n) is 4.09. The molecule has 5 nitrogen and oxygen atoms in total. The molecule has 0 aliphatic carbocycles. The van der Waals surface area contributed by atoms with E-state index in [0.29, 0.717) is 12.6 Å². The minimum absolute atomic E-state index is 0.0158. The zero-order valence-electron chi connectivity index (χ0n) is 10.5. The van der Waals surface area contributed by atoms with Gasteiger partial charge >= 0.3 is 5.69 Å². The third kappa shape index (κ3) is 4.07. The lowest BCUT2D eigenvalue weighted by molar-refractivity contribution is -0.385. The fourth-order valence-electron chi connectivity index (χ4n) is 1.38. The Morgan fingerprint density at radius 2 is 2.28 bits per heavy atom. The Hall–Kier alpha value is -2.06. The molecule has 0 fully saturated rings. The summed E-state index contributed by atoms with van der Waals surface area (Å²) in [5.41, 5.74) is 0.847. The number of nitrogens with one attached hydrogen (secondary N) is 1. The van der Waals surface area contributed by atoms with Crippen molar-refractivity contribution in [3.8, 4) is 18.1 Å². The molecular formula is C13H16N2O3. The number of hydrogen-bond donors (Lipinski definition) is 1. The Morgan fingerprint density at radius 1 is 1.56 bits per heavy atom. The summed E-state index contributed by atoms with van der Waals surface area (Å²) >= 11 is 0. The van der Waals surface area contributed by atoms with Gasteiger partial charge in [0.15, 0.2) is 5.75 Å². The van der Waals surface area contributed by atoms with Gasteiger partial charge in [-0.1, -0.05) is 25.8 Å². The van der Waals surface area contributed by atoms with Crippen molar-refractivity contribution in [2.24, 2.45) is 0 Å². The number of nitrogens with zero attached hydrogens (tertiary/aromatic N) is 1. The highest BCUT2D eigenvalue weighted by Crippen LogP contribution is 2.27. The highest BCUT2D eigenvalue weighted by Gasteiger charge is 2.15. The van der Waals surface area contributed by atoms with E-state index in [0.717, 1.165) is 5.56 Å². The molecule has 0 aliphatic heterocycles. The molecule has 0 heterocycles. The van der Waals surface area contributed by atoms with Crippen LogP contribution in [-0.4, -0.2) is 17.6 Å². The number of benzene rings is 1. The first-order valence-electron chi connectivity index (χ1n) is 5.61. The van der Waals surface area contributed by atoms with Gasteiger partial charge in [0, 0.05) is 18.7 Å². The van der Waals surface area contributed by atoms with Crippen LogP contribution in [-0.2, 0) is 6.54 Å². The van der Waals surface area contributed by atoms with E-state index in [1.807, 2.05) is 13.8 Å². The first-order valence-corrected chi connectivity index (χ1v) is 5.61. The van der Waals surface area contributed by atoms with E-state index in [9.17, 15) is 10.1 Å². The molecule has 5 heteroatoms. The molecule has 0 saturated heterocycles. The average molecular weight is 248 g/mol. The van der Waals surface area contributed by atoms with Gasteiger partial charge in [-0.25, -0.2) is 0 Å². The summed E-state index contributed by atoms with van der Waals surface area (Å²) in [5.74, 6) is 2.50. The van der Waals surface area contributed by atoms with Gasteiger partial charge in [-0.3, -0.25) is 10.1 Å². The van der Waals surface area contributed by atoms with Crippen LogP contribution < -0.4 is 10.1 Å². The predicted octanol–water partition coefficient (Wildman–Crippen LogP) is 2.10. The molecule has 0 unspecified atom stereocenters. The molecule has 0 aromatic heterocycles. The fraction of sp³-hybridized carbons (Fsp3) is 0.385. The Bertz CT molecular complexity index is 464. The third-order valence-corrected chi connectivity index (χ3v) is 2.25. The molecule has 1 aromatic carbocycles. The first kappa shape index (κ1) is 14.0. The second-order valence-corrected chi connectivity index (χ2v) is 4.09. The van der Waals surface area contributed by atoms with Gasteiger partial charge in [-0.05, 0) is 11.6 Å². The SMILES string of the molecule is C#CCOc1cc(CNC(C)C)ccc1[N+](=O)[O-]. The minimum Gasteiger partial charge on any atom is -0.474 e. The van der Waals surface area contributed by atoms with Gasteiger partial charge in [-0.2, -0.15) is 0 Å². The lowest BCUT2D eigenvalue weighted by atomic mass is 10.2. The molecule has 0 bridgehead atoms. The highest BCUT2D eigenvalue weighted by atomic mass is 16.6. The first-order chi connectivity index (χ1) is 8.54. The summed E-state index contributed by atoms with van der Waals surface area (Å²) in [7, 11) is 0. The topological polar surface area (TPSA) is 64.4 Å². The predicted molar refractivity (Wildman–Crippen MR) is 69.4 cm³/mol. The van der Waals surface area contributed by atoms with Gasteiger partial charge in [0.2, 0.25) is 0 Å². The van der Waals surface area contributed by atoms with Crippen LogP contribution in [0.15, 0.2) is 18.2 Å². The smallest absolute Gasteiger partial charge is 0.310 e. The number of nitro benzene ring substituents is 1. The summed E-state index contributed by atoms with van der Waals surface area (Å²) < 4.78 is 5.19. The van der Waals surface area contributed by atoms with Gasteiger partial charge in [0.05, 0.1) is 4.92 Å². The molecule has 0 saturated carbocycles. The standard InChI is InChI=1S/C13H16N2O3/c1-4-7-18-13-8-11(9-14-10(2)3)5-6-12(13)15(16)17/h1,5-6,8,10,14H,7,9H2,2-3H3. The Morgan fingerprint density at radius 3 is 2.83 bits per heavy atom. The summed E-state index contributed by atoms with van der Waals surface area (Å²) in [6, 6.07) is 5.12. The van der Waals surface area contributed by atoms with Crippen LogP contribution in [0, 0.1) is 22.5 Å². The number of terminal acetylenes is 1. The van der Waals surface area contributed by atoms with Crippen LogP contribution >= 0.6 is 0 Å². The third-order valence-electron chi connectivity index (χ3n) is 2.25. The van der Waals surface area contributed by atoms with E-state index in [1.54, 1.807) is 12.1 Å². The van der Waals surface area contributed by atoms with E-state index in [1.165, 1.54) is 6.07 Å². The molecule has 1 aromatic rings.